The fourth-order valence-corrected chi connectivity index (χ4v) is 3.04. The number of hydrogen-bond acceptors (Lipinski definition) is 3. The predicted molar refractivity (Wildman–Crippen MR) is 78.4 cm³/mol. The average Bonchev–Trinajstić information content (AvgIpc) is 2.41. The summed E-state index contributed by atoms with van der Waals surface area (Å²) in [5.74, 6) is -0.303. The third-order valence-corrected chi connectivity index (χ3v) is 4.33. The summed E-state index contributed by atoms with van der Waals surface area (Å²) in [5, 5.41) is 20.1. The molecule has 1 fully saturated rings. The van der Waals surface area contributed by atoms with Crippen LogP contribution in [0.3, 0.4) is 0 Å². The van der Waals surface area contributed by atoms with Gasteiger partial charge in [0.15, 0.2) is 0 Å². The van der Waals surface area contributed by atoms with Gasteiger partial charge in [-0.2, -0.15) is 0 Å². The van der Waals surface area contributed by atoms with Crippen LogP contribution in [0, 0.1) is 12.7 Å². The molecule has 2 N–H and O–H groups in total. The maximum atomic E-state index is 13.7. The van der Waals surface area contributed by atoms with Crippen molar-refractivity contribution in [2.75, 3.05) is 11.9 Å². The van der Waals surface area contributed by atoms with Crippen molar-refractivity contribution in [3.8, 4) is 0 Å². The van der Waals surface area contributed by atoms with E-state index >= 15 is 0 Å². The van der Waals surface area contributed by atoms with Gasteiger partial charge in [-0.25, -0.2) is 4.39 Å². The van der Waals surface area contributed by atoms with Crippen LogP contribution in [0.25, 0.3) is 0 Å². The molecule has 1 saturated carbocycles. The Kier molecular flexibility index (Phi) is 4.66. The van der Waals surface area contributed by atoms with Crippen LogP contribution in [0.2, 0.25) is 0 Å². The Morgan fingerprint density at radius 2 is 1.95 bits per heavy atom. The number of aryl methyl sites for hydroxylation is 1. The Balaban J connectivity index is 2.37. The monoisotopic (exact) mass is 281 g/mol. The van der Waals surface area contributed by atoms with Crippen LogP contribution in [0.5, 0.6) is 0 Å². The molecule has 1 aromatic rings. The molecule has 0 aromatic heterocycles. The number of benzene rings is 1. The van der Waals surface area contributed by atoms with Crippen molar-refractivity contribution in [2.24, 2.45) is 0 Å². The number of aliphatic hydroxyl groups excluding tert-OH is 2. The number of anilines is 1. The van der Waals surface area contributed by atoms with Gasteiger partial charge in [0.25, 0.3) is 0 Å². The molecule has 0 radical (unpaired) electrons. The van der Waals surface area contributed by atoms with Crippen molar-refractivity contribution in [2.45, 2.75) is 57.8 Å². The fraction of sp³-hybridized carbons (Fsp3) is 0.625. The van der Waals surface area contributed by atoms with E-state index in [1.165, 1.54) is 6.07 Å². The van der Waals surface area contributed by atoms with E-state index in [0.29, 0.717) is 11.1 Å². The summed E-state index contributed by atoms with van der Waals surface area (Å²) < 4.78 is 13.7. The molecule has 0 spiro atoms. The summed E-state index contributed by atoms with van der Waals surface area (Å²) >= 11 is 0. The Hall–Kier alpha value is -1.13. The molecule has 3 atom stereocenters. The zero-order valence-corrected chi connectivity index (χ0v) is 12.4. The lowest BCUT2D eigenvalue weighted by Gasteiger charge is -2.38. The molecule has 0 bridgehead atoms. The van der Waals surface area contributed by atoms with Gasteiger partial charge < -0.3 is 15.1 Å². The SMILES string of the molecule is Cc1cc(N(C)C2CCCCC2O)c([C@H](C)O)cc1F. The van der Waals surface area contributed by atoms with Gasteiger partial charge in [-0.3, -0.25) is 0 Å². The molecule has 1 aliphatic carbocycles. The van der Waals surface area contributed by atoms with Crippen LogP contribution in [0.15, 0.2) is 12.1 Å². The summed E-state index contributed by atoms with van der Waals surface area (Å²) in [6.07, 6.45) is 2.78. The first kappa shape index (κ1) is 15.3. The van der Waals surface area contributed by atoms with Gasteiger partial charge in [-0.15, -0.1) is 0 Å². The second-order valence-electron chi connectivity index (χ2n) is 5.87. The second-order valence-corrected chi connectivity index (χ2v) is 5.87. The van der Waals surface area contributed by atoms with Gasteiger partial charge in [0.1, 0.15) is 5.82 Å². The van der Waals surface area contributed by atoms with E-state index in [9.17, 15) is 14.6 Å². The van der Waals surface area contributed by atoms with Crippen molar-refractivity contribution in [3.05, 3.63) is 29.1 Å². The number of aliphatic hydroxyl groups is 2. The standard InChI is InChI=1S/C16H24FNO2/c1-10-8-15(12(11(2)19)9-13(10)17)18(3)14-6-4-5-7-16(14)20/h8-9,11,14,16,19-20H,4-7H2,1-3H3/t11-,14?,16?/m0/s1. The normalized spacial score (nSPS) is 24.5. The van der Waals surface area contributed by atoms with Gasteiger partial charge in [0, 0.05) is 18.3 Å². The van der Waals surface area contributed by atoms with Crippen LogP contribution >= 0.6 is 0 Å². The first-order valence-electron chi connectivity index (χ1n) is 7.30. The van der Waals surface area contributed by atoms with Gasteiger partial charge in [-0.05, 0) is 44.4 Å². The highest BCUT2D eigenvalue weighted by molar-refractivity contribution is 5.57. The van der Waals surface area contributed by atoms with Crippen molar-refractivity contribution in [1.29, 1.82) is 0 Å². The first-order chi connectivity index (χ1) is 9.41. The molecule has 0 aliphatic heterocycles. The highest BCUT2D eigenvalue weighted by atomic mass is 19.1. The largest absolute Gasteiger partial charge is 0.391 e. The number of hydrogen-bond donors (Lipinski definition) is 2. The number of likely N-dealkylation sites (N-methyl/N-ethyl adjacent to an activating group) is 1. The Morgan fingerprint density at radius 1 is 1.30 bits per heavy atom. The van der Waals surface area contributed by atoms with Crippen molar-refractivity contribution >= 4 is 5.69 Å². The number of halogens is 1. The quantitative estimate of drug-likeness (QED) is 0.895. The first-order valence-corrected chi connectivity index (χ1v) is 7.30. The van der Waals surface area contributed by atoms with E-state index in [1.54, 1.807) is 19.9 Å². The number of nitrogens with zero attached hydrogens (tertiary/aromatic N) is 1. The lowest BCUT2D eigenvalue weighted by molar-refractivity contribution is 0.106. The smallest absolute Gasteiger partial charge is 0.126 e. The van der Waals surface area contributed by atoms with Gasteiger partial charge in [0.2, 0.25) is 0 Å². The Labute approximate surface area is 120 Å². The topological polar surface area (TPSA) is 43.7 Å². The van der Waals surface area contributed by atoms with Gasteiger partial charge in [0.05, 0.1) is 18.2 Å². The molecule has 2 unspecified atom stereocenters. The summed E-state index contributed by atoms with van der Waals surface area (Å²) in [7, 11) is 1.91. The molecular weight excluding hydrogens is 257 g/mol. The molecule has 0 saturated heterocycles. The Bertz CT molecular complexity index is 476. The van der Waals surface area contributed by atoms with E-state index in [2.05, 4.69) is 0 Å². The van der Waals surface area contributed by atoms with Gasteiger partial charge >= 0.3 is 0 Å². The average molecular weight is 281 g/mol. The van der Waals surface area contributed by atoms with Crippen LogP contribution < -0.4 is 4.90 Å². The maximum Gasteiger partial charge on any atom is 0.126 e. The summed E-state index contributed by atoms with van der Waals surface area (Å²) in [5.41, 5.74) is 1.94. The summed E-state index contributed by atoms with van der Waals surface area (Å²) in [4.78, 5) is 2.00. The molecule has 2 rings (SSSR count). The van der Waals surface area contributed by atoms with E-state index in [0.717, 1.165) is 31.4 Å². The number of rotatable bonds is 3. The molecule has 112 valence electrons. The summed E-state index contributed by atoms with van der Waals surface area (Å²) in [6.45, 7) is 3.36. The van der Waals surface area contributed by atoms with Crippen molar-refractivity contribution in [1.82, 2.24) is 0 Å². The minimum atomic E-state index is -0.733. The fourth-order valence-electron chi connectivity index (χ4n) is 3.04. The van der Waals surface area contributed by atoms with Crippen molar-refractivity contribution < 1.29 is 14.6 Å². The van der Waals surface area contributed by atoms with E-state index in [1.807, 2.05) is 11.9 Å². The lowest BCUT2D eigenvalue weighted by Crippen LogP contribution is -2.44. The second kappa shape index (κ2) is 6.10. The molecule has 1 aliphatic rings. The highest BCUT2D eigenvalue weighted by Crippen LogP contribution is 2.33. The predicted octanol–water partition coefficient (Wildman–Crippen LogP) is 2.93. The van der Waals surface area contributed by atoms with Crippen molar-refractivity contribution in [3.63, 3.8) is 0 Å². The third kappa shape index (κ3) is 2.96. The minimum Gasteiger partial charge on any atom is -0.391 e. The van der Waals surface area contributed by atoms with Crippen LogP contribution in [-0.2, 0) is 0 Å². The Morgan fingerprint density at radius 3 is 2.55 bits per heavy atom. The molecule has 1 aromatic carbocycles. The molecule has 4 heteroatoms. The summed E-state index contributed by atoms with van der Waals surface area (Å²) in [6, 6.07) is 3.20. The maximum absolute atomic E-state index is 13.7. The van der Waals surface area contributed by atoms with Crippen LogP contribution in [-0.4, -0.2) is 29.4 Å². The van der Waals surface area contributed by atoms with E-state index in [-0.39, 0.29) is 18.0 Å². The van der Waals surface area contributed by atoms with E-state index in [4.69, 9.17) is 0 Å². The van der Waals surface area contributed by atoms with Crippen LogP contribution in [0.4, 0.5) is 10.1 Å². The molecular formula is C16H24FNO2. The highest BCUT2D eigenvalue weighted by Gasteiger charge is 2.28. The van der Waals surface area contributed by atoms with E-state index < -0.39 is 6.10 Å². The molecule has 0 heterocycles. The molecule has 3 nitrogen and oxygen atoms in total. The minimum absolute atomic E-state index is 0.0334. The lowest BCUT2D eigenvalue weighted by atomic mass is 9.90. The van der Waals surface area contributed by atoms with Crippen LogP contribution in [0.1, 0.15) is 49.8 Å². The molecule has 0 amide bonds. The third-order valence-electron chi connectivity index (χ3n) is 4.33. The van der Waals surface area contributed by atoms with Gasteiger partial charge in [-0.1, -0.05) is 12.8 Å². The zero-order chi connectivity index (χ0) is 14.9. The molecule has 20 heavy (non-hydrogen) atoms. The zero-order valence-electron chi connectivity index (χ0n) is 12.4.